The highest BCUT2D eigenvalue weighted by Crippen LogP contribution is 2.24. The van der Waals surface area contributed by atoms with Crippen molar-refractivity contribution in [2.75, 3.05) is 11.9 Å². The van der Waals surface area contributed by atoms with Crippen LogP contribution in [0.2, 0.25) is 5.02 Å². The number of rotatable bonds is 3. The van der Waals surface area contributed by atoms with Crippen LogP contribution in [0.1, 0.15) is 5.56 Å². The van der Waals surface area contributed by atoms with Crippen LogP contribution in [-0.2, 0) is 6.54 Å². The zero-order valence-electron chi connectivity index (χ0n) is 9.40. The van der Waals surface area contributed by atoms with Crippen molar-refractivity contribution in [2.45, 2.75) is 6.54 Å². The Kier molecular flexibility index (Phi) is 3.59. The minimum absolute atomic E-state index is 0.204. The highest BCUT2D eigenvalue weighted by atomic mass is 35.5. The second-order valence-corrected chi connectivity index (χ2v) is 4.18. The van der Waals surface area contributed by atoms with Crippen molar-refractivity contribution in [1.82, 2.24) is 4.98 Å². The van der Waals surface area contributed by atoms with Gasteiger partial charge in [0.25, 0.3) is 0 Å². The molecule has 0 saturated heterocycles. The lowest BCUT2D eigenvalue weighted by molar-refractivity contribution is 0.608. The van der Waals surface area contributed by atoms with E-state index in [1.807, 2.05) is 24.1 Å². The quantitative estimate of drug-likeness (QED) is 0.829. The number of anilines is 1. The van der Waals surface area contributed by atoms with Gasteiger partial charge in [-0.15, -0.1) is 0 Å². The van der Waals surface area contributed by atoms with Crippen LogP contribution >= 0.6 is 11.6 Å². The Balaban J connectivity index is 2.20. The smallest absolute Gasteiger partial charge is 0.128 e. The number of benzene rings is 1. The summed E-state index contributed by atoms with van der Waals surface area (Å²) in [4.78, 5) is 5.81. The topological polar surface area (TPSA) is 16.1 Å². The van der Waals surface area contributed by atoms with Crippen molar-refractivity contribution in [3.8, 4) is 0 Å². The summed E-state index contributed by atoms with van der Waals surface area (Å²) in [5, 5.41) is 0.561. The van der Waals surface area contributed by atoms with E-state index in [-0.39, 0.29) is 5.82 Å². The highest BCUT2D eigenvalue weighted by Gasteiger charge is 2.08. The summed E-state index contributed by atoms with van der Waals surface area (Å²) in [5.41, 5.74) is 1.48. The van der Waals surface area contributed by atoms with Gasteiger partial charge in [-0.2, -0.15) is 0 Å². The van der Waals surface area contributed by atoms with Crippen LogP contribution < -0.4 is 4.90 Å². The maximum Gasteiger partial charge on any atom is 0.128 e. The molecule has 1 aromatic heterocycles. The number of pyridine rings is 1. The van der Waals surface area contributed by atoms with Crippen LogP contribution in [-0.4, -0.2) is 12.0 Å². The number of hydrogen-bond donors (Lipinski definition) is 0. The van der Waals surface area contributed by atoms with Gasteiger partial charge in [0, 0.05) is 31.5 Å². The zero-order chi connectivity index (χ0) is 12.3. The molecule has 0 amide bonds. The summed E-state index contributed by atoms with van der Waals surface area (Å²) in [6.07, 6.45) is 3.24. The zero-order valence-corrected chi connectivity index (χ0v) is 10.2. The summed E-state index contributed by atoms with van der Waals surface area (Å²) in [5.74, 6) is -0.204. The van der Waals surface area contributed by atoms with Crippen molar-refractivity contribution >= 4 is 17.3 Å². The lowest BCUT2D eigenvalue weighted by Gasteiger charge is -2.20. The molecule has 0 radical (unpaired) electrons. The Morgan fingerprint density at radius 3 is 2.76 bits per heavy atom. The van der Waals surface area contributed by atoms with Gasteiger partial charge in [0.2, 0.25) is 0 Å². The molecular formula is C13H12ClFN2. The van der Waals surface area contributed by atoms with E-state index in [0.29, 0.717) is 17.1 Å². The number of aromatic nitrogens is 1. The average molecular weight is 251 g/mol. The Bertz CT molecular complexity index is 516. The molecule has 0 aliphatic carbocycles. The van der Waals surface area contributed by atoms with E-state index in [1.165, 1.54) is 6.07 Å². The van der Waals surface area contributed by atoms with Crippen LogP contribution in [0, 0.1) is 5.82 Å². The molecule has 0 N–H and O–H groups in total. The van der Waals surface area contributed by atoms with Crippen molar-refractivity contribution in [3.05, 3.63) is 59.1 Å². The van der Waals surface area contributed by atoms with Gasteiger partial charge in [-0.05, 0) is 12.1 Å². The molecule has 1 aromatic carbocycles. The Morgan fingerprint density at radius 2 is 2.06 bits per heavy atom. The molecule has 2 aromatic rings. The van der Waals surface area contributed by atoms with Crippen molar-refractivity contribution < 1.29 is 4.39 Å². The van der Waals surface area contributed by atoms with E-state index in [4.69, 9.17) is 11.6 Å². The third-order valence-corrected chi connectivity index (χ3v) is 2.82. The summed E-state index contributed by atoms with van der Waals surface area (Å²) < 4.78 is 13.5. The molecule has 0 aliphatic rings. The normalized spacial score (nSPS) is 10.3. The molecule has 0 bridgehead atoms. The van der Waals surface area contributed by atoms with Gasteiger partial charge in [-0.3, -0.25) is 4.98 Å². The van der Waals surface area contributed by atoms with E-state index < -0.39 is 0 Å². The molecule has 17 heavy (non-hydrogen) atoms. The summed E-state index contributed by atoms with van der Waals surface area (Å²) >= 11 is 6.03. The molecule has 4 heteroatoms. The van der Waals surface area contributed by atoms with Gasteiger partial charge >= 0.3 is 0 Å². The van der Waals surface area contributed by atoms with Gasteiger partial charge in [-0.1, -0.05) is 29.8 Å². The van der Waals surface area contributed by atoms with Gasteiger partial charge in [0.1, 0.15) is 5.82 Å². The fourth-order valence-electron chi connectivity index (χ4n) is 1.64. The molecule has 1 heterocycles. The van der Waals surface area contributed by atoms with Crippen molar-refractivity contribution in [2.24, 2.45) is 0 Å². The molecule has 2 rings (SSSR count). The highest BCUT2D eigenvalue weighted by molar-refractivity contribution is 6.33. The van der Waals surface area contributed by atoms with E-state index in [2.05, 4.69) is 4.98 Å². The minimum atomic E-state index is -0.204. The van der Waals surface area contributed by atoms with E-state index in [0.717, 1.165) is 5.69 Å². The first-order valence-corrected chi connectivity index (χ1v) is 5.60. The number of halogens is 2. The first kappa shape index (κ1) is 11.9. The fourth-order valence-corrected chi connectivity index (χ4v) is 1.91. The first-order chi connectivity index (χ1) is 8.18. The molecule has 0 saturated carbocycles. The van der Waals surface area contributed by atoms with Crippen LogP contribution in [0.3, 0.4) is 0 Å². The van der Waals surface area contributed by atoms with Gasteiger partial charge in [0.15, 0.2) is 0 Å². The summed E-state index contributed by atoms with van der Waals surface area (Å²) in [6.45, 7) is 0.469. The predicted octanol–water partition coefficient (Wildman–Crippen LogP) is 3.51. The van der Waals surface area contributed by atoms with Gasteiger partial charge < -0.3 is 4.90 Å². The van der Waals surface area contributed by atoms with Crippen molar-refractivity contribution in [3.63, 3.8) is 0 Å². The minimum Gasteiger partial charge on any atom is -0.369 e. The third-order valence-electron chi connectivity index (χ3n) is 2.53. The molecule has 0 fully saturated rings. The molecule has 0 spiro atoms. The monoisotopic (exact) mass is 250 g/mol. The lowest BCUT2D eigenvalue weighted by atomic mass is 10.2. The molecule has 0 unspecified atom stereocenters. The summed E-state index contributed by atoms with van der Waals surface area (Å²) in [7, 11) is 1.87. The fraction of sp³-hybridized carbons (Fsp3) is 0.154. The van der Waals surface area contributed by atoms with Crippen LogP contribution in [0.15, 0.2) is 42.7 Å². The number of hydrogen-bond acceptors (Lipinski definition) is 2. The average Bonchev–Trinajstić information content (AvgIpc) is 2.32. The van der Waals surface area contributed by atoms with Crippen LogP contribution in [0.4, 0.5) is 10.1 Å². The van der Waals surface area contributed by atoms with Gasteiger partial charge in [-0.25, -0.2) is 4.39 Å². The van der Waals surface area contributed by atoms with Crippen molar-refractivity contribution in [1.29, 1.82) is 0 Å². The second kappa shape index (κ2) is 5.15. The second-order valence-electron chi connectivity index (χ2n) is 3.77. The van der Waals surface area contributed by atoms with Crippen LogP contribution in [0.5, 0.6) is 0 Å². The maximum absolute atomic E-state index is 13.5. The SMILES string of the molecule is CN(Cc1ccccc1F)c1ccncc1Cl. The Morgan fingerprint density at radius 1 is 1.29 bits per heavy atom. The Hall–Kier alpha value is -1.61. The van der Waals surface area contributed by atoms with E-state index in [9.17, 15) is 4.39 Å². The molecule has 0 atom stereocenters. The molecule has 2 nitrogen and oxygen atoms in total. The first-order valence-electron chi connectivity index (χ1n) is 5.22. The lowest BCUT2D eigenvalue weighted by Crippen LogP contribution is -2.17. The van der Waals surface area contributed by atoms with Crippen LogP contribution in [0.25, 0.3) is 0 Å². The van der Waals surface area contributed by atoms with E-state index in [1.54, 1.807) is 24.5 Å². The molecule has 88 valence electrons. The van der Waals surface area contributed by atoms with E-state index >= 15 is 0 Å². The predicted molar refractivity (Wildman–Crippen MR) is 67.8 cm³/mol. The Labute approximate surface area is 105 Å². The number of nitrogens with zero attached hydrogens (tertiary/aromatic N) is 2. The molecule has 0 aliphatic heterocycles. The van der Waals surface area contributed by atoms with Gasteiger partial charge in [0.05, 0.1) is 10.7 Å². The third kappa shape index (κ3) is 2.74. The summed E-state index contributed by atoms with van der Waals surface area (Å²) in [6, 6.07) is 8.53. The molecular weight excluding hydrogens is 239 g/mol. The standard InChI is InChI=1S/C13H12ClFN2/c1-17(13-6-7-16-8-11(13)14)9-10-4-2-3-5-12(10)15/h2-8H,9H2,1H3. The maximum atomic E-state index is 13.5. The largest absolute Gasteiger partial charge is 0.369 e.